The third kappa shape index (κ3) is 3.78. The number of benzene rings is 2. The first-order valence-electron chi connectivity index (χ1n) is 10.5. The van der Waals surface area contributed by atoms with Crippen molar-refractivity contribution in [3.05, 3.63) is 75.9 Å². The second-order valence-corrected chi connectivity index (χ2v) is 7.89. The molecule has 3 heterocycles. The van der Waals surface area contributed by atoms with Crippen LogP contribution in [0.3, 0.4) is 0 Å². The van der Waals surface area contributed by atoms with Gasteiger partial charge in [-0.05, 0) is 31.2 Å². The normalized spacial score (nSPS) is 13.9. The standard InChI is InChI=1S/C22H19FN8O3/c1-14-5-6-15(11-18(14)31(33)34)22(32)29-9-7-28(8-10-29)20-19-21(25-13-24-20)30(27-26-19)17-4-2-3-16(23)12-17/h2-6,11-13H,7-10H2,1H3. The van der Waals surface area contributed by atoms with Gasteiger partial charge in [-0.25, -0.2) is 14.4 Å². The van der Waals surface area contributed by atoms with Gasteiger partial charge in [-0.1, -0.05) is 17.3 Å². The Balaban J connectivity index is 1.35. The highest BCUT2D eigenvalue weighted by Gasteiger charge is 2.26. The summed E-state index contributed by atoms with van der Waals surface area (Å²) >= 11 is 0. The Morgan fingerprint density at radius 3 is 2.62 bits per heavy atom. The van der Waals surface area contributed by atoms with E-state index >= 15 is 0 Å². The number of piperazine rings is 1. The smallest absolute Gasteiger partial charge is 0.273 e. The van der Waals surface area contributed by atoms with Crippen LogP contribution >= 0.6 is 0 Å². The van der Waals surface area contributed by atoms with Gasteiger partial charge in [0.15, 0.2) is 17.0 Å². The number of rotatable bonds is 4. The molecule has 0 spiro atoms. The molecular formula is C22H19FN8O3. The van der Waals surface area contributed by atoms with Gasteiger partial charge in [-0.2, -0.15) is 4.68 Å². The number of anilines is 1. The zero-order valence-electron chi connectivity index (χ0n) is 18.1. The van der Waals surface area contributed by atoms with Crippen LogP contribution in [0, 0.1) is 22.9 Å². The van der Waals surface area contributed by atoms with Crippen molar-refractivity contribution >= 4 is 28.6 Å². The van der Waals surface area contributed by atoms with Gasteiger partial charge in [-0.3, -0.25) is 14.9 Å². The van der Waals surface area contributed by atoms with E-state index in [1.807, 2.05) is 4.90 Å². The molecule has 1 saturated heterocycles. The third-order valence-electron chi connectivity index (χ3n) is 5.79. The molecule has 1 amide bonds. The molecule has 4 aromatic rings. The Kier molecular flexibility index (Phi) is 5.32. The van der Waals surface area contributed by atoms with Crippen LogP contribution in [-0.2, 0) is 0 Å². The highest BCUT2D eigenvalue weighted by molar-refractivity contribution is 5.95. The molecule has 2 aromatic carbocycles. The van der Waals surface area contributed by atoms with E-state index in [1.165, 1.54) is 29.2 Å². The van der Waals surface area contributed by atoms with E-state index in [0.717, 1.165) is 0 Å². The molecule has 1 aliphatic rings. The fourth-order valence-corrected chi connectivity index (χ4v) is 3.99. The highest BCUT2D eigenvalue weighted by atomic mass is 19.1. The average molecular weight is 462 g/mol. The van der Waals surface area contributed by atoms with Crippen molar-refractivity contribution < 1.29 is 14.1 Å². The lowest BCUT2D eigenvalue weighted by atomic mass is 10.1. The zero-order valence-corrected chi connectivity index (χ0v) is 18.1. The van der Waals surface area contributed by atoms with Crippen molar-refractivity contribution in [3.63, 3.8) is 0 Å². The van der Waals surface area contributed by atoms with Crippen LogP contribution in [0.4, 0.5) is 15.9 Å². The van der Waals surface area contributed by atoms with Crippen molar-refractivity contribution in [1.29, 1.82) is 0 Å². The summed E-state index contributed by atoms with van der Waals surface area (Å²) in [6, 6.07) is 10.5. The third-order valence-corrected chi connectivity index (χ3v) is 5.79. The average Bonchev–Trinajstić information content (AvgIpc) is 3.28. The van der Waals surface area contributed by atoms with Crippen molar-refractivity contribution in [2.75, 3.05) is 31.1 Å². The minimum Gasteiger partial charge on any atom is -0.351 e. The number of carbonyl (C=O) groups excluding carboxylic acids is 1. The van der Waals surface area contributed by atoms with E-state index in [1.54, 1.807) is 36.1 Å². The van der Waals surface area contributed by atoms with Crippen LogP contribution in [0.5, 0.6) is 0 Å². The Bertz CT molecular complexity index is 1410. The number of nitro benzene ring substituents is 1. The number of aromatic nitrogens is 5. The second kappa shape index (κ2) is 8.46. The molecule has 0 radical (unpaired) electrons. The van der Waals surface area contributed by atoms with Crippen molar-refractivity contribution in [1.82, 2.24) is 29.9 Å². The largest absolute Gasteiger partial charge is 0.351 e. The lowest BCUT2D eigenvalue weighted by Crippen LogP contribution is -2.49. The fraction of sp³-hybridized carbons (Fsp3) is 0.227. The minimum atomic E-state index is -0.485. The second-order valence-electron chi connectivity index (χ2n) is 7.89. The molecule has 11 nitrogen and oxygen atoms in total. The summed E-state index contributed by atoms with van der Waals surface area (Å²) in [5.74, 6) is -0.0755. The molecule has 1 fully saturated rings. The van der Waals surface area contributed by atoms with Gasteiger partial charge in [-0.15, -0.1) is 5.10 Å². The Morgan fingerprint density at radius 1 is 1.09 bits per heavy atom. The summed E-state index contributed by atoms with van der Waals surface area (Å²) in [5.41, 5.74) is 2.13. The predicted octanol–water partition coefficient (Wildman–Crippen LogP) is 2.53. The van der Waals surface area contributed by atoms with Gasteiger partial charge < -0.3 is 9.80 Å². The zero-order chi connectivity index (χ0) is 23.8. The lowest BCUT2D eigenvalue weighted by Gasteiger charge is -2.35. The van der Waals surface area contributed by atoms with Crippen LogP contribution in [-0.4, -0.2) is 66.9 Å². The number of aryl methyl sites for hydroxylation is 1. The van der Waals surface area contributed by atoms with E-state index in [4.69, 9.17) is 0 Å². The first-order chi connectivity index (χ1) is 16.4. The molecule has 12 heteroatoms. The van der Waals surface area contributed by atoms with E-state index < -0.39 is 10.7 Å². The fourth-order valence-electron chi connectivity index (χ4n) is 3.99. The van der Waals surface area contributed by atoms with Gasteiger partial charge in [0.2, 0.25) is 0 Å². The molecule has 0 atom stereocenters. The maximum absolute atomic E-state index is 13.7. The van der Waals surface area contributed by atoms with E-state index in [2.05, 4.69) is 20.3 Å². The molecule has 2 aromatic heterocycles. The summed E-state index contributed by atoms with van der Waals surface area (Å²) in [4.78, 5) is 36.0. The predicted molar refractivity (Wildman–Crippen MR) is 120 cm³/mol. The monoisotopic (exact) mass is 462 g/mol. The molecule has 0 unspecified atom stereocenters. The van der Waals surface area contributed by atoms with Crippen LogP contribution < -0.4 is 4.90 Å². The molecule has 0 saturated carbocycles. The number of nitro groups is 1. The van der Waals surface area contributed by atoms with E-state index in [0.29, 0.717) is 54.4 Å². The number of fused-ring (bicyclic) bond motifs is 1. The summed E-state index contributed by atoms with van der Waals surface area (Å²) < 4.78 is 15.1. The lowest BCUT2D eigenvalue weighted by molar-refractivity contribution is -0.385. The molecule has 0 N–H and O–H groups in total. The highest BCUT2D eigenvalue weighted by Crippen LogP contribution is 2.25. The summed E-state index contributed by atoms with van der Waals surface area (Å²) in [5, 5.41) is 19.6. The van der Waals surface area contributed by atoms with Crippen LogP contribution in [0.1, 0.15) is 15.9 Å². The molecule has 0 bridgehead atoms. The Morgan fingerprint density at radius 2 is 1.88 bits per heavy atom. The molecule has 5 rings (SSSR count). The van der Waals surface area contributed by atoms with Gasteiger partial charge in [0.25, 0.3) is 11.6 Å². The summed E-state index contributed by atoms with van der Waals surface area (Å²) in [6.45, 7) is 3.42. The number of hydrogen-bond donors (Lipinski definition) is 0. The van der Waals surface area contributed by atoms with Gasteiger partial charge in [0, 0.05) is 43.4 Å². The van der Waals surface area contributed by atoms with Gasteiger partial charge in [0.1, 0.15) is 12.1 Å². The quantitative estimate of drug-likeness (QED) is 0.335. The molecule has 172 valence electrons. The molecule has 1 aliphatic heterocycles. The van der Waals surface area contributed by atoms with E-state index in [-0.39, 0.29) is 17.2 Å². The molecule has 34 heavy (non-hydrogen) atoms. The topological polar surface area (TPSA) is 123 Å². The van der Waals surface area contributed by atoms with Gasteiger partial charge >= 0.3 is 0 Å². The van der Waals surface area contributed by atoms with Crippen molar-refractivity contribution in [2.45, 2.75) is 6.92 Å². The van der Waals surface area contributed by atoms with Crippen LogP contribution in [0.25, 0.3) is 16.9 Å². The van der Waals surface area contributed by atoms with Crippen molar-refractivity contribution in [2.24, 2.45) is 0 Å². The van der Waals surface area contributed by atoms with Gasteiger partial charge in [0.05, 0.1) is 10.6 Å². The Labute approximate surface area is 192 Å². The van der Waals surface area contributed by atoms with Crippen molar-refractivity contribution in [3.8, 4) is 5.69 Å². The maximum atomic E-state index is 13.7. The summed E-state index contributed by atoms with van der Waals surface area (Å²) in [6.07, 6.45) is 1.40. The first kappa shape index (κ1) is 21.4. The molecular weight excluding hydrogens is 443 g/mol. The summed E-state index contributed by atoms with van der Waals surface area (Å²) in [7, 11) is 0. The van der Waals surface area contributed by atoms with Crippen LogP contribution in [0.2, 0.25) is 0 Å². The number of halogens is 1. The number of hydrogen-bond acceptors (Lipinski definition) is 8. The Hall–Kier alpha value is -4.48. The minimum absolute atomic E-state index is 0.0748. The SMILES string of the molecule is Cc1ccc(C(=O)N2CCN(c3ncnc4c3nnn4-c3cccc(F)c3)CC2)cc1[N+](=O)[O-]. The number of nitrogens with zero attached hydrogens (tertiary/aromatic N) is 8. The number of carbonyl (C=O) groups is 1. The molecule has 0 aliphatic carbocycles. The maximum Gasteiger partial charge on any atom is 0.273 e. The van der Waals surface area contributed by atoms with Crippen LogP contribution in [0.15, 0.2) is 48.8 Å². The van der Waals surface area contributed by atoms with E-state index in [9.17, 15) is 19.3 Å². The number of amides is 1. The first-order valence-corrected chi connectivity index (χ1v) is 10.5.